The third-order valence-electron chi connectivity index (χ3n) is 5.34. The van der Waals surface area contributed by atoms with Crippen molar-refractivity contribution in [2.24, 2.45) is 0 Å². The number of anilines is 1. The summed E-state index contributed by atoms with van der Waals surface area (Å²) in [6.45, 7) is 2.24. The van der Waals surface area contributed by atoms with Gasteiger partial charge in [0.05, 0.1) is 19.2 Å². The van der Waals surface area contributed by atoms with Crippen LogP contribution in [0.1, 0.15) is 12.5 Å². The molecule has 0 spiro atoms. The highest BCUT2D eigenvalue weighted by atomic mass is 32.1. The molecule has 32 heavy (non-hydrogen) atoms. The number of hydrogen-bond donors (Lipinski definition) is 0. The van der Waals surface area contributed by atoms with Crippen LogP contribution in [0.5, 0.6) is 5.75 Å². The van der Waals surface area contributed by atoms with Crippen molar-refractivity contribution >= 4 is 33.1 Å². The number of carbonyl (C=O) groups is 1. The van der Waals surface area contributed by atoms with Gasteiger partial charge in [-0.25, -0.2) is 4.79 Å². The van der Waals surface area contributed by atoms with E-state index < -0.39 is 5.69 Å². The third-order valence-corrected chi connectivity index (χ3v) is 6.23. The number of methoxy groups -OCH3 is 1. The van der Waals surface area contributed by atoms with E-state index in [-0.39, 0.29) is 24.6 Å². The van der Waals surface area contributed by atoms with E-state index in [2.05, 4.69) is 0 Å². The number of amides is 1. The van der Waals surface area contributed by atoms with Crippen LogP contribution in [0.3, 0.4) is 0 Å². The Labute approximate surface area is 188 Å². The van der Waals surface area contributed by atoms with Crippen LogP contribution in [-0.2, 0) is 17.9 Å². The first kappa shape index (κ1) is 21.6. The smallest absolute Gasteiger partial charge is 0.332 e. The molecule has 4 rings (SSSR count). The highest BCUT2D eigenvalue weighted by Gasteiger charge is 2.20. The fraction of sp³-hybridized carbons (Fsp3) is 0.208. The molecule has 0 unspecified atom stereocenters. The van der Waals surface area contributed by atoms with E-state index in [1.54, 1.807) is 29.5 Å². The van der Waals surface area contributed by atoms with Gasteiger partial charge in [0.1, 0.15) is 17.0 Å². The van der Waals surface area contributed by atoms with Gasteiger partial charge in [0, 0.05) is 17.8 Å². The van der Waals surface area contributed by atoms with E-state index in [1.807, 2.05) is 55.5 Å². The van der Waals surface area contributed by atoms with Crippen molar-refractivity contribution in [1.29, 1.82) is 0 Å². The maximum absolute atomic E-state index is 13.4. The highest BCUT2D eigenvalue weighted by molar-refractivity contribution is 7.17. The lowest BCUT2D eigenvalue weighted by atomic mass is 10.2. The summed E-state index contributed by atoms with van der Waals surface area (Å²) < 4.78 is 8.37. The first-order valence-electron chi connectivity index (χ1n) is 10.2. The number of likely N-dealkylation sites (N-methyl/N-ethyl adjacent to an activating group) is 1. The summed E-state index contributed by atoms with van der Waals surface area (Å²) in [6, 6.07) is 18.3. The molecule has 0 N–H and O–H groups in total. The summed E-state index contributed by atoms with van der Waals surface area (Å²) in [6.07, 6.45) is 0. The van der Waals surface area contributed by atoms with Crippen LogP contribution >= 0.6 is 11.3 Å². The van der Waals surface area contributed by atoms with Gasteiger partial charge in [0.25, 0.3) is 5.56 Å². The quantitative estimate of drug-likeness (QED) is 0.434. The molecule has 8 heteroatoms. The largest absolute Gasteiger partial charge is 0.496 e. The molecule has 1 amide bonds. The average Bonchev–Trinajstić information content (AvgIpc) is 3.31. The molecule has 0 saturated heterocycles. The molecule has 0 aliphatic rings. The normalized spacial score (nSPS) is 10.9. The molecule has 0 saturated carbocycles. The summed E-state index contributed by atoms with van der Waals surface area (Å²) in [5.41, 5.74) is 1.05. The van der Waals surface area contributed by atoms with E-state index in [0.29, 0.717) is 28.1 Å². The number of hydrogen-bond acceptors (Lipinski definition) is 5. The minimum Gasteiger partial charge on any atom is -0.496 e. The second-order valence-electron chi connectivity index (χ2n) is 7.18. The van der Waals surface area contributed by atoms with Crippen LogP contribution < -0.4 is 20.9 Å². The Morgan fingerprint density at radius 2 is 1.72 bits per heavy atom. The van der Waals surface area contributed by atoms with Crippen LogP contribution in [0.2, 0.25) is 0 Å². The monoisotopic (exact) mass is 449 g/mol. The Kier molecular flexibility index (Phi) is 6.23. The van der Waals surface area contributed by atoms with Crippen molar-refractivity contribution in [3.8, 4) is 5.75 Å². The first-order chi connectivity index (χ1) is 15.5. The standard InChI is InChI=1S/C24H23N3O4S/c1-3-25(18-10-5-4-6-11-18)21(28)16-26-19-13-14-32-22(19)23(29)27(24(26)30)15-17-9-7-8-12-20(17)31-2/h4-14H,3,15-16H2,1-2H3. The molecule has 4 aromatic rings. The number of rotatable bonds is 7. The van der Waals surface area contributed by atoms with Crippen molar-refractivity contribution in [2.75, 3.05) is 18.6 Å². The van der Waals surface area contributed by atoms with Gasteiger partial charge in [-0.1, -0.05) is 36.4 Å². The molecule has 2 aromatic heterocycles. The minimum absolute atomic E-state index is 0.0554. The van der Waals surface area contributed by atoms with Crippen molar-refractivity contribution in [2.45, 2.75) is 20.0 Å². The van der Waals surface area contributed by atoms with Gasteiger partial charge in [-0.15, -0.1) is 11.3 Å². The Morgan fingerprint density at radius 1 is 1.00 bits per heavy atom. The fourth-order valence-electron chi connectivity index (χ4n) is 3.76. The average molecular weight is 450 g/mol. The zero-order valence-electron chi connectivity index (χ0n) is 17.9. The molecular formula is C24H23N3O4S. The molecule has 0 aliphatic carbocycles. The molecule has 2 aromatic carbocycles. The number of carbonyl (C=O) groups excluding carboxylic acids is 1. The van der Waals surface area contributed by atoms with Crippen LogP contribution in [0.25, 0.3) is 10.2 Å². The van der Waals surface area contributed by atoms with Gasteiger partial charge < -0.3 is 9.64 Å². The SMILES string of the molecule is CCN(C(=O)Cn1c(=O)n(Cc2ccccc2OC)c(=O)c2sccc21)c1ccccc1. The second-order valence-corrected chi connectivity index (χ2v) is 8.10. The molecule has 0 fully saturated rings. The number of ether oxygens (including phenoxy) is 1. The van der Waals surface area contributed by atoms with E-state index in [1.165, 1.54) is 20.5 Å². The van der Waals surface area contributed by atoms with Gasteiger partial charge in [-0.2, -0.15) is 0 Å². The van der Waals surface area contributed by atoms with Gasteiger partial charge in [-0.3, -0.25) is 18.7 Å². The summed E-state index contributed by atoms with van der Waals surface area (Å²) in [4.78, 5) is 41.3. The van der Waals surface area contributed by atoms with E-state index in [0.717, 1.165) is 5.69 Å². The zero-order valence-corrected chi connectivity index (χ0v) is 18.7. The number of thiophene rings is 1. The topological polar surface area (TPSA) is 73.5 Å². The molecule has 7 nitrogen and oxygen atoms in total. The maximum Gasteiger partial charge on any atom is 0.332 e. The lowest BCUT2D eigenvalue weighted by Crippen LogP contribution is -2.43. The molecule has 2 heterocycles. The van der Waals surface area contributed by atoms with Crippen LogP contribution in [0, 0.1) is 0 Å². The van der Waals surface area contributed by atoms with Crippen LogP contribution in [0.15, 0.2) is 75.6 Å². The third kappa shape index (κ3) is 3.97. The Hall–Kier alpha value is -3.65. The van der Waals surface area contributed by atoms with Crippen LogP contribution in [-0.4, -0.2) is 28.7 Å². The zero-order chi connectivity index (χ0) is 22.7. The molecule has 0 aliphatic heterocycles. The highest BCUT2D eigenvalue weighted by Crippen LogP contribution is 2.20. The summed E-state index contributed by atoms with van der Waals surface area (Å²) in [7, 11) is 1.55. The van der Waals surface area contributed by atoms with Crippen molar-refractivity contribution in [1.82, 2.24) is 9.13 Å². The van der Waals surface area contributed by atoms with Crippen molar-refractivity contribution < 1.29 is 9.53 Å². The lowest BCUT2D eigenvalue weighted by Gasteiger charge is -2.22. The van der Waals surface area contributed by atoms with Crippen molar-refractivity contribution in [3.63, 3.8) is 0 Å². The van der Waals surface area contributed by atoms with Crippen molar-refractivity contribution in [3.05, 3.63) is 92.4 Å². The number of nitrogens with zero attached hydrogens (tertiary/aromatic N) is 3. The van der Waals surface area contributed by atoms with E-state index >= 15 is 0 Å². The maximum atomic E-state index is 13.4. The number of para-hydroxylation sites is 2. The molecule has 0 radical (unpaired) electrons. The summed E-state index contributed by atoms with van der Waals surface area (Å²) in [5.74, 6) is 0.365. The van der Waals surface area contributed by atoms with Gasteiger partial charge in [0.15, 0.2) is 0 Å². The molecule has 164 valence electrons. The Bertz CT molecular complexity index is 1370. The van der Waals surface area contributed by atoms with Gasteiger partial charge in [-0.05, 0) is 36.6 Å². The fourth-order valence-corrected chi connectivity index (χ4v) is 4.60. The van der Waals surface area contributed by atoms with E-state index in [4.69, 9.17) is 4.74 Å². The van der Waals surface area contributed by atoms with Crippen LogP contribution in [0.4, 0.5) is 5.69 Å². The predicted octanol–water partition coefficient (Wildman–Crippen LogP) is 3.33. The predicted molar refractivity (Wildman–Crippen MR) is 127 cm³/mol. The molecule has 0 atom stereocenters. The molecule has 0 bridgehead atoms. The second kappa shape index (κ2) is 9.23. The summed E-state index contributed by atoms with van der Waals surface area (Å²) >= 11 is 1.26. The lowest BCUT2D eigenvalue weighted by molar-refractivity contribution is -0.119. The number of benzene rings is 2. The number of aromatic nitrogens is 2. The summed E-state index contributed by atoms with van der Waals surface area (Å²) in [5, 5.41) is 1.76. The first-order valence-corrected chi connectivity index (χ1v) is 11.1. The Morgan fingerprint density at radius 3 is 2.44 bits per heavy atom. The van der Waals surface area contributed by atoms with Gasteiger partial charge >= 0.3 is 5.69 Å². The number of fused-ring (bicyclic) bond motifs is 1. The van der Waals surface area contributed by atoms with E-state index in [9.17, 15) is 14.4 Å². The Balaban J connectivity index is 1.78. The molecular weight excluding hydrogens is 426 g/mol. The minimum atomic E-state index is -0.524. The van der Waals surface area contributed by atoms with Gasteiger partial charge in [0.2, 0.25) is 5.91 Å².